The lowest BCUT2D eigenvalue weighted by molar-refractivity contribution is -0.122. The quantitative estimate of drug-likeness (QED) is 0.794. The first kappa shape index (κ1) is 18.7. The molecule has 23 heavy (non-hydrogen) atoms. The van der Waals surface area contributed by atoms with Crippen molar-refractivity contribution < 1.29 is 4.79 Å². The van der Waals surface area contributed by atoms with Gasteiger partial charge in [0.1, 0.15) is 0 Å². The highest BCUT2D eigenvalue weighted by molar-refractivity contribution is 5.78. The molecule has 1 N–H and O–H groups in total. The van der Waals surface area contributed by atoms with Crippen molar-refractivity contribution in [1.29, 1.82) is 0 Å². The molecule has 2 aliphatic heterocycles. The second kappa shape index (κ2) is 9.60. The van der Waals surface area contributed by atoms with Crippen molar-refractivity contribution in [3.05, 3.63) is 0 Å². The van der Waals surface area contributed by atoms with Gasteiger partial charge in [0.2, 0.25) is 5.91 Å². The minimum absolute atomic E-state index is 0.204. The average Bonchev–Trinajstić information content (AvgIpc) is 2.70. The first-order valence-electron chi connectivity index (χ1n) is 9.43. The van der Waals surface area contributed by atoms with Gasteiger partial charge in [0.15, 0.2) is 0 Å². The van der Waals surface area contributed by atoms with Crippen LogP contribution in [-0.4, -0.2) is 86.6 Å². The van der Waals surface area contributed by atoms with Crippen LogP contribution in [0.4, 0.5) is 0 Å². The number of rotatable bonds is 6. The molecule has 0 spiro atoms. The first-order valence-corrected chi connectivity index (χ1v) is 9.43. The predicted octanol–water partition coefficient (Wildman–Crippen LogP) is 1.11. The third-order valence-corrected chi connectivity index (χ3v) is 4.99. The summed E-state index contributed by atoms with van der Waals surface area (Å²) in [6.07, 6.45) is 3.69. The molecule has 2 saturated heterocycles. The SMILES string of the molecule is CC(C)CN1CCCC(CNC(=O)CN2CCCN(C)CC2)C1. The molecular formula is C18H36N4O. The van der Waals surface area contributed by atoms with Crippen molar-refractivity contribution in [1.82, 2.24) is 20.0 Å². The Balaban J connectivity index is 1.65. The van der Waals surface area contributed by atoms with Crippen LogP contribution in [0.2, 0.25) is 0 Å². The third-order valence-electron chi connectivity index (χ3n) is 4.99. The molecule has 134 valence electrons. The molecule has 2 fully saturated rings. The Morgan fingerprint density at radius 3 is 2.65 bits per heavy atom. The van der Waals surface area contributed by atoms with E-state index in [0.29, 0.717) is 12.5 Å². The fourth-order valence-corrected chi connectivity index (χ4v) is 3.78. The van der Waals surface area contributed by atoms with E-state index in [9.17, 15) is 4.79 Å². The molecule has 1 atom stereocenters. The van der Waals surface area contributed by atoms with Gasteiger partial charge in [0.25, 0.3) is 0 Å². The van der Waals surface area contributed by atoms with Gasteiger partial charge in [0.05, 0.1) is 6.54 Å². The number of nitrogens with zero attached hydrogens (tertiary/aromatic N) is 3. The molecule has 5 nitrogen and oxygen atoms in total. The molecule has 2 rings (SSSR count). The lowest BCUT2D eigenvalue weighted by Crippen LogP contribution is -2.44. The molecule has 0 bridgehead atoms. The van der Waals surface area contributed by atoms with Gasteiger partial charge in [-0.2, -0.15) is 0 Å². The third kappa shape index (κ3) is 7.19. The lowest BCUT2D eigenvalue weighted by Gasteiger charge is -2.34. The highest BCUT2D eigenvalue weighted by Gasteiger charge is 2.21. The minimum atomic E-state index is 0.204. The van der Waals surface area contributed by atoms with E-state index >= 15 is 0 Å². The summed E-state index contributed by atoms with van der Waals surface area (Å²) in [7, 11) is 2.16. The maximum Gasteiger partial charge on any atom is 0.234 e. The number of hydrogen-bond donors (Lipinski definition) is 1. The number of carbonyl (C=O) groups is 1. The highest BCUT2D eigenvalue weighted by atomic mass is 16.2. The van der Waals surface area contributed by atoms with Gasteiger partial charge >= 0.3 is 0 Å². The molecule has 0 aromatic rings. The van der Waals surface area contributed by atoms with Crippen LogP contribution in [-0.2, 0) is 4.79 Å². The Labute approximate surface area is 142 Å². The van der Waals surface area contributed by atoms with Gasteiger partial charge < -0.3 is 15.1 Å². The Morgan fingerprint density at radius 2 is 1.87 bits per heavy atom. The number of amides is 1. The van der Waals surface area contributed by atoms with Crippen molar-refractivity contribution in [2.75, 3.05) is 66.0 Å². The summed E-state index contributed by atoms with van der Waals surface area (Å²) in [5.74, 6) is 1.56. The van der Waals surface area contributed by atoms with Gasteiger partial charge in [-0.25, -0.2) is 0 Å². The molecular weight excluding hydrogens is 288 g/mol. The van der Waals surface area contributed by atoms with E-state index in [1.165, 1.54) is 25.9 Å². The van der Waals surface area contributed by atoms with E-state index in [4.69, 9.17) is 0 Å². The Kier molecular flexibility index (Phi) is 7.80. The largest absolute Gasteiger partial charge is 0.355 e. The molecule has 0 aromatic carbocycles. The van der Waals surface area contributed by atoms with Crippen molar-refractivity contribution in [2.24, 2.45) is 11.8 Å². The zero-order chi connectivity index (χ0) is 16.7. The smallest absolute Gasteiger partial charge is 0.234 e. The van der Waals surface area contributed by atoms with Crippen LogP contribution in [0.25, 0.3) is 0 Å². The lowest BCUT2D eigenvalue weighted by atomic mass is 9.97. The van der Waals surface area contributed by atoms with E-state index in [1.54, 1.807) is 0 Å². The number of nitrogens with one attached hydrogen (secondary N) is 1. The number of likely N-dealkylation sites (tertiary alicyclic amines) is 1. The van der Waals surface area contributed by atoms with Gasteiger partial charge in [-0.05, 0) is 57.8 Å². The first-order chi connectivity index (χ1) is 11.0. The second-order valence-electron chi connectivity index (χ2n) is 7.90. The molecule has 0 saturated carbocycles. The molecule has 0 radical (unpaired) electrons. The summed E-state index contributed by atoms with van der Waals surface area (Å²) >= 11 is 0. The van der Waals surface area contributed by atoms with Crippen LogP contribution in [0, 0.1) is 11.8 Å². The monoisotopic (exact) mass is 324 g/mol. The highest BCUT2D eigenvalue weighted by Crippen LogP contribution is 2.16. The van der Waals surface area contributed by atoms with Gasteiger partial charge in [-0.15, -0.1) is 0 Å². The van der Waals surface area contributed by atoms with Crippen LogP contribution in [0.3, 0.4) is 0 Å². The van der Waals surface area contributed by atoms with Crippen LogP contribution in [0.1, 0.15) is 33.1 Å². The molecule has 0 aliphatic carbocycles. The average molecular weight is 325 g/mol. The van der Waals surface area contributed by atoms with E-state index < -0.39 is 0 Å². The topological polar surface area (TPSA) is 38.8 Å². The fourth-order valence-electron chi connectivity index (χ4n) is 3.78. The zero-order valence-corrected chi connectivity index (χ0v) is 15.4. The van der Waals surface area contributed by atoms with Crippen molar-refractivity contribution in [3.8, 4) is 0 Å². The number of likely N-dealkylation sites (N-methyl/N-ethyl adjacent to an activating group) is 1. The Hall–Kier alpha value is -0.650. The summed E-state index contributed by atoms with van der Waals surface area (Å²) in [5.41, 5.74) is 0. The molecule has 0 aromatic heterocycles. The van der Waals surface area contributed by atoms with Crippen LogP contribution in [0.15, 0.2) is 0 Å². The van der Waals surface area contributed by atoms with E-state index in [1.807, 2.05) is 0 Å². The van der Waals surface area contributed by atoms with E-state index in [-0.39, 0.29) is 5.91 Å². The molecule has 5 heteroatoms. The van der Waals surface area contributed by atoms with Gasteiger partial charge in [-0.1, -0.05) is 13.8 Å². The zero-order valence-electron chi connectivity index (χ0n) is 15.4. The molecule has 1 unspecified atom stereocenters. The van der Waals surface area contributed by atoms with E-state index in [0.717, 1.165) is 51.6 Å². The number of hydrogen-bond acceptors (Lipinski definition) is 4. The van der Waals surface area contributed by atoms with Crippen molar-refractivity contribution in [3.63, 3.8) is 0 Å². The normalized spacial score (nSPS) is 25.5. The molecule has 1 amide bonds. The summed E-state index contributed by atoms with van der Waals surface area (Å²) in [4.78, 5) is 19.4. The molecule has 2 aliphatic rings. The second-order valence-corrected chi connectivity index (χ2v) is 7.90. The van der Waals surface area contributed by atoms with Crippen LogP contribution < -0.4 is 5.32 Å². The summed E-state index contributed by atoms with van der Waals surface area (Å²) in [6, 6.07) is 0. The summed E-state index contributed by atoms with van der Waals surface area (Å²) in [5, 5.41) is 3.18. The number of piperidine rings is 1. The molecule has 2 heterocycles. The van der Waals surface area contributed by atoms with Gasteiger partial charge in [-0.3, -0.25) is 9.69 Å². The maximum absolute atomic E-state index is 12.2. The Morgan fingerprint density at radius 1 is 1.09 bits per heavy atom. The van der Waals surface area contributed by atoms with Crippen LogP contribution >= 0.6 is 0 Å². The van der Waals surface area contributed by atoms with E-state index in [2.05, 4.69) is 40.9 Å². The number of carbonyl (C=O) groups excluding carboxylic acids is 1. The van der Waals surface area contributed by atoms with Gasteiger partial charge in [0, 0.05) is 32.7 Å². The standard InChI is InChI=1S/C18H36N4O/c1-16(2)13-22-8-4-6-17(14-22)12-19-18(23)15-21-9-5-7-20(3)10-11-21/h16-17H,4-15H2,1-3H3,(H,19,23). The van der Waals surface area contributed by atoms with Crippen molar-refractivity contribution >= 4 is 5.91 Å². The summed E-state index contributed by atoms with van der Waals surface area (Å²) in [6.45, 7) is 13.8. The summed E-state index contributed by atoms with van der Waals surface area (Å²) < 4.78 is 0. The Bertz CT molecular complexity index is 361. The maximum atomic E-state index is 12.2. The predicted molar refractivity (Wildman–Crippen MR) is 95.6 cm³/mol. The minimum Gasteiger partial charge on any atom is -0.355 e. The van der Waals surface area contributed by atoms with Crippen molar-refractivity contribution in [2.45, 2.75) is 33.1 Å². The van der Waals surface area contributed by atoms with Crippen LogP contribution in [0.5, 0.6) is 0 Å². The fraction of sp³-hybridized carbons (Fsp3) is 0.944.